The number of hydrogen-bond acceptors (Lipinski definition) is 2. The Morgan fingerprint density at radius 2 is 2.12 bits per heavy atom. The Bertz CT molecular complexity index is 417. The van der Waals surface area contributed by atoms with Gasteiger partial charge in [0.05, 0.1) is 0 Å². The molecule has 2 atom stereocenters. The van der Waals surface area contributed by atoms with Crippen molar-refractivity contribution in [2.75, 3.05) is 13.1 Å². The molecule has 1 aromatic carbocycles. The fourth-order valence-electron chi connectivity index (χ4n) is 2.67. The minimum Gasteiger partial charge on any atom is -0.337 e. The van der Waals surface area contributed by atoms with Crippen molar-refractivity contribution >= 4 is 5.91 Å². The van der Waals surface area contributed by atoms with Gasteiger partial charge in [0.2, 0.25) is 0 Å². The van der Waals surface area contributed by atoms with Crippen LogP contribution in [-0.2, 0) is 0 Å². The molecule has 1 saturated carbocycles. The second-order valence-corrected chi connectivity index (χ2v) is 5.02. The third-order valence-corrected chi connectivity index (χ3v) is 3.82. The number of hydrogen-bond donors (Lipinski definition) is 1. The number of carbonyl (C=O) groups excluding carboxylic acids is 1. The predicted molar refractivity (Wildman–Crippen MR) is 62.0 cm³/mol. The van der Waals surface area contributed by atoms with Gasteiger partial charge in [-0.05, 0) is 30.9 Å². The van der Waals surface area contributed by atoms with Crippen LogP contribution in [0.1, 0.15) is 23.2 Å². The Balaban J connectivity index is 1.76. The number of likely N-dealkylation sites (tertiary alicyclic amines) is 1. The van der Waals surface area contributed by atoms with Gasteiger partial charge in [-0.15, -0.1) is 0 Å². The maximum absolute atomic E-state index is 12.2. The number of amides is 1. The Morgan fingerprint density at radius 1 is 1.38 bits per heavy atom. The lowest BCUT2D eigenvalue weighted by Gasteiger charge is -2.30. The summed E-state index contributed by atoms with van der Waals surface area (Å²) in [5, 5.41) is 0. The molecule has 0 spiro atoms. The fourth-order valence-corrected chi connectivity index (χ4v) is 2.67. The van der Waals surface area contributed by atoms with Gasteiger partial charge in [0.1, 0.15) is 0 Å². The van der Waals surface area contributed by atoms with Gasteiger partial charge in [0.15, 0.2) is 0 Å². The SMILES string of the molecule is NC12CC1CCN(C(=O)c1ccccc1)C2. The first kappa shape index (κ1) is 9.85. The van der Waals surface area contributed by atoms with Gasteiger partial charge < -0.3 is 10.6 Å². The smallest absolute Gasteiger partial charge is 0.253 e. The van der Waals surface area contributed by atoms with E-state index in [-0.39, 0.29) is 11.4 Å². The molecule has 2 fully saturated rings. The summed E-state index contributed by atoms with van der Waals surface area (Å²) in [6, 6.07) is 9.45. The van der Waals surface area contributed by atoms with Crippen LogP contribution in [0.5, 0.6) is 0 Å². The van der Waals surface area contributed by atoms with Gasteiger partial charge in [-0.2, -0.15) is 0 Å². The monoisotopic (exact) mass is 216 g/mol. The maximum atomic E-state index is 12.2. The van der Waals surface area contributed by atoms with Crippen molar-refractivity contribution in [2.24, 2.45) is 11.7 Å². The second-order valence-electron chi connectivity index (χ2n) is 5.02. The molecule has 1 amide bonds. The van der Waals surface area contributed by atoms with Crippen LogP contribution in [0.4, 0.5) is 0 Å². The summed E-state index contributed by atoms with van der Waals surface area (Å²) in [5.74, 6) is 0.781. The van der Waals surface area contributed by atoms with E-state index in [2.05, 4.69) is 0 Å². The van der Waals surface area contributed by atoms with Crippen LogP contribution in [0.15, 0.2) is 30.3 Å². The van der Waals surface area contributed by atoms with E-state index in [0.29, 0.717) is 5.92 Å². The molecule has 1 aliphatic heterocycles. The molecule has 0 bridgehead atoms. The first-order valence-electron chi connectivity index (χ1n) is 5.82. The molecule has 3 heteroatoms. The van der Waals surface area contributed by atoms with Crippen molar-refractivity contribution in [3.05, 3.63) is 35.9 Å². The maximum Gasteiger partial charge on any atom is 0.253 e. The van der Waals surface area contributed by atoms with Gasteiger partial charge >= 0.3 is 0 Å². The number of rotatable bonds is 1. The van der Waals surface area contributed by atoms with Gasteiger partial charge in [-0.1, -0.05) is 18.2 Å². The van der Waals surface area contributed by atoms with Gasteiger partial charge in [0.25, 0.3) is 5.91 Å². The normalized spacial score (nSPS) is 32.1. The first-order valence-corrected chi connectivity index (χ1v) is 5.82. The Kier molecular flexibility index (Phi) is 2.04. The molecule has 1 heterocycles. The highest BCUT2D eigenvalue weighted by Gasteiger charge is 2.54. The van der Waals surface area contributed by atoms with Crippen molar-refractivity contribution < 1.29 is 4.79 Å². The molecule has 3 rings (SSSR count). The van der Waals surface area contributed by atoms with Crippen LogP contribution in [0.2, 0.25) is 0 Å². The molecule has 2 unspecified atom stereocenters. The van der Waals surface area contributed by atoms with E-state index in [9.17, 15) is 4.79 Å². The van der Waals surface area contributed by atoms with Crippen LogP contribution >= 0.6 is 0 Å². The predicted octanol–water partition coefficient (Wildman–Crippen LogP) is 1.25. The summed E-state index contributed by atoms with van der Waals surface area (Å²) >= 11 is 0. The van der Waals surface area contributed by atoms with Crippen LogP contribution < -0.4 is 5.73 Å². The molecule has 2 aliphatic rings. The van der Waals surface area contributed by atoms with Crippen LogP contribution in [0.25, 0.3) is 0 Å². The summed E-state index contributed by atoms with van der Waals surface area (Å²) in [4.78, 5) is 14.1. The van der Waals surface area contributed by atoms with Gasteiger partial charge in [-0.3, -0.25) is 4.79 Å². The molecule has 2 N–H and O–H groups in total. The highest BCUT2D eigenvalue weighted by atomic mass is 16.2. The average molecular weight is 216 g/mol. The standard InChI is InChI=1S/C13H16N2O/c14-13-8-11(13)6-7-15(9-13)12(16)10-4-2-1-3-5-10/h1-5,11H,6-9,14H2. The Hall–Kier alpha value is -1.35. The number of nitrogens with two attached hydrogens (primary N) is 1. The zero-order chi connectivity index (χ0) is 11.2. The molecule has 1 aliphatic carbocycles. The minimum atomic E-state index is -0.0668. The number of fused-ring (bicyclic) bond motifs is 1. The van der Waals surface area contributed by atoms with E-state index in [1.807, 2.05) is 35.2 Å². The lowest BCUT2D eigenvalue weighted by Crippen LogP contribution is -2.47. The number of piperidine rings is 1. The number of benzene rings is 1. The topological polar surface area (TPSA) is 46.3 Å². The summed E-state index contributed by atoms with van der Waals surface area (Å²) in [7, 11) is 0. The minimum absolute atomic E-state index is 0.0668. The molecular formula is C13H16N2O. The summed E-state index contributed by atoms with van der Waals surface area (Å²) in [6.07, 6.45) is 2.15. The molecule has 0 aromatic heterocycles. The summed E-state index contributed by atoms with van der Waals surface area (Å²) in [5.41, 5.74) is 6.87. The van der Waals surface area contributed by atoms with Crippen LogP contribution in [-0.4, -0.2) is 29.4 Å². The van der Waals surface area contributed by atoms with Gasteiger partial charge in [0, 0.05) is 24.2 Å². The lowest BCUT2D eigenvalue weighted by molar-refractivity contribution is 0.0703. The van der Waals surface area contributed by atoms with E-state index >= 15 is 0 Å². The Labute approximate surface area is 95.2 Å². The first-order chi connectivity index (χ1) is 7.69. The molecule has 1 aromatic rings. The van der Waals surface area contributed by atoms with E-state index in [4.69, 9.17) is 5.73 Å². The highest BCUT2D eigenvalue weighted by molar-refractivity contribution is 5.94. The average Bonchev–Trinajstić information content (AvgIpc) is 3.00. The molecule has 1 saturated heterocycles. The van der Waals surface area contributed by atoms with Crippen molar-refractivity contribution in [3.63, 3.8) is 0 Å². The van der Waals surface area contributed by atoms with Gasteiger partial charge in [-0.25, -0.2) is 0 Å². The largest absolute Gasteiger partial charge is 0.337 e. The number of carbonyl (C=O) groups is 1. The fraction of sp³-hybridized carbons (Fsp3) is 0.462. The van der Waals surface area contributed by atoms with E-state index < -0.39 is 0 Å². The summed E-state index contributed by atoms with van der Waals surface area (Å²) < 4.78 is 0. The highest BCUT2D eigenvalue weighted by Crippen LogP contribution is 2.47. The quantitative estimate of drug-likeness (QED) is 0.768. The van der Waals surface area contributed by atoms with Crippen molar-refractivity contribution in [1.82, 2.24) is 4.90 Å². The van der Waals surface area contributed by atoms with E-state index in [1.165, 1.54) is 0 Å². The molecular weight excluding hydrogens is 200 g/mol. The summed E-state index contributed by atoms with van der Waals surface area (Å²) in [6.45, 7) is 1.59. The lowest BCUT2D eigenvalue weighted by atomic mass is 10.1. The molecule has 0 radical (unpaired) electrons. The second kappa shape index (κ2) is 3.32. The molecule has 16 heavy (non-hydrogen) atoms. The van der Waals surface area contributed by atoms with E-state index in [0.717, 1.165) is 31.5 Å². The van der Waals surface area contributed by atoms with Crippen molar-refractivity contribution in [3.8, 4) is 0 Å². The zero-order valence-electron chi connectivity index (χ0n) is 9.23. The molecule has 84 valence electrons. The zero-order valence-corrected chi connectivity index (χ0v) is 9.23. The number of nitrogens with zero attached hydrogens (tertiary/aromatic N) is 1. The van der Waals surface area contributed by atoms with Crippen LogP contribution in [0.3, 0.4) is 0 Å². The third-order valence-electron chi connectivity index (χ3n) is 3.82. The molecule has 3 nitrogen and oxygen atoms in total. The van der Waals surface area contributed by atoms with E-state index in [1.54, 1.807) is 0 Å². The van der Waals surface area contributed by atoms with Crippen LogP contribution in [0, 0.1) is 5.92 Å². The third kappa shape index (κ3) is 1.52. The van der Waals surface area contributed by atoms with Crippen molar-refractivity contribution in [1.29, 1.82) is 0 Å². The van der Waals surface area contributed by atoms with Crippen molar-refractivity contribution in [2.45, 2.75) is 18.4 Å². The Morgan fingerprint density at radius 3 is 2.81 bits per heavy atom.